The van der Waals surface area contributed by atoms with Crippen LogP contribution in [-0.2, 0) is 0 Å². The van der Waals surface area contributed by atoms with Crippen LogP contribution in [0.4, 0.5) is 4.39 Å². The molecule has 0 saturated heterocycles. The van der Waals surface area contributed by atoms with E-state index >= 15 is 0 Å². The van der Waals surface area contributed by atoms with Crippen LogP contribution in [0.3, 0.4) is 0 Å². The molecule has 0 spiro atoms. The summed E-state index contributed by atoms with van der Waals surface area (Å²) in [5.41, 5.74) is -0.224. The Hall–Kier alpha value is -1.65. The predicted octanol–water partition coefficient (Wildman–Crippen LogP) is 2.49. The van der Waals surface area contributed by atoms with Crippen LogP contribution < -0.4 is 4.74 Å². The number of carboxylic acids is 1. The Morgan fingerprint density at radius 2 is 2.35 bits per heavy atom. The molecule has 0 radical (unpaired) electrons. The van der Waals surface area contributed by atoms with E-state index < -0.39 is 11.8 Å². The van der Waals surface area contributed by atoms with Gasteiger partial charge in [-0.05, 0) is 18.4 Å². The minimum atomic E-state index is -1.23. The number of hydrogen-bond donors (Lipinski definition) is 1. The first-order valence-corrected chi connectivity index (χ1v) is 5.68. The van der Waals surface area contributed by atoms with E-state index in [1.54, 1.807) is 0 Å². The summed E-state index contributed by atoms with van der Waals surface area (Å²) in [4.78, 5) is 14.5. The summed E-state index contributed by atoms with van der Waals surface area (Å²) in [6.07, 6.45) is 5.56. The number of halogens is 1. The van der Waals surface area contributed by atoms with E-state index in [2.05, 4.69) is 4.98 Å². The van der Waals surface area contributed by atoms with E-state index in [0.29, 0.717) is 12.5 Å². The zero-order chi connectivity index (χ0) is 12.3. The predicted molar refractivity (Wildman–Crippen MR) is 58.6 cm³/mol. The topological polar surface area (TPSA) is 59.4 Å². The lowest BCUT2D eigenvalue weighted by molar-refractivity contribution is 0.0689. The van der Waals surface area contributed by atoms with Crippen molar-refractivity contribution in [3.05, 3.63) is 23.6 Å². The standard InChI is InChI=1S/C12H14FNO3/c13-9-6-10(12(15)16)11(14-7-9)17-5-4-8-2-1-3-8/h6-8H,1-5H2,(H,15,16). The number of carbonyl (C=O) groups is 1. The van der Waals surface area contributed by atoms with E-state index in [9.17, 15) is 9.18 Å². The fraction of sp³-hybridized carbons (Fsp3) is 0.500. The molecule has 0 aliphatic heterocycles. The number of hydrogen-bond acceptors (Lipinski definition) is 3. The third-order valence-corrected chi connectivity index (χ3v) is 3.04. The van der Waals surface area contributed by atoms with E-state index in [-0.39, 0.29) is 11.4 Å². The minimum Gasteiger partial charge on any atom is -0.477 e. The zero-order valence-electron chi connectivity index (χ0n) is 9.36. The lowest BCUT2D eigenvalue weighted by atomic mass is 9.83. The van der Waals surface area contributed by atoms with Crippen molar-refractivity contribution in [2.45, 2.75) is 25.7 Å². The lowest BCUT2D eigenvalue weighted by Crippen LogP contribution is -2.15. The summed E-state index contributed by atoms with van der Waals surface area (Å²) >= 11 is 0. The molecule has 0 unspecified atom stereocenters. The molecular formula is C12H14FNO3. The summed E-state index contributed by atoms with van der Waals surface area (Å²) in [7, 11) is 0. The normalized spacial score (nSPS) is 15.4. The molecule has 1 saturated carbocycles. The number of nitrogens with zero attached hydrogens (tertiary/aromatic N) is 1. The van der Waals surface area contributed by atoms with Crippen LogP contribution in [0, 0.1) is 11.7 Å². The molecule has 0 aromatic carbocycles. The Labute approximate surface area is 98.4 Å². The molecule has 17 heavy (non-hydrogen) atoms. The highest BCUT2D eigenvalue weighted by atomic mass is 19.1. The maximum absolute atomic E-state index is 12.8. The third kappa shape index (κ3) is 2.93. The Morgan fingerprint density at radius 1 is 1.59 bits per heavy atom. The number of aromatic carboxylic acids is 1. The zero-order valence-corrected chi connectivity index (χ0v) is 9.36. The SMILES string of the molecule is O=C(O)c1cc(F)cnc1OCCC1CCC1. The number of rotatable bonds is 5. The van der Waals surface area contributed by atoms with Crippen molar-refractivity contribution in [2.75, 3.05) is 6.61 Å². The molecule has 0 amide bonds. The molecule has 1 aliphatic rings. The Bertz CT molecular complexity index is 418. The summed E-state index contributed by atoms with van der Waals surface area (Å²) < 4.78 is 18.1. The molecule has 92 valence electrons. The monoisotopic (exact) mass is 239 g/mol. The van der Waals surface area contributed by atoms with Crippen molar-refractivity contribution in [1.29, 1.82) is 0 Å². The highest BCUT2D eigenvalue weighted by Gasteiger charge is 2.18. The van der Waals surface area contributed by atoms with Crippen LogP contribution in [0.5, 0.6) is 5.88 Å². The molecule has 0 atom stereocenters. The van der Waals surface area contributed by atoms with Crippen molar-refractivity contribution in [3.63, 3.8) is 0 Å². The number of carboxylic acid groups (broad SMARTS) is 1. The van der Waals surface area contributed by atoms with Gasteiger partial charge in [0.1, 0.15) is 11.4 Å². The van der Waals surface area contributed by atoms with Crippen molar-refractivity contribution in [2.24, 2.45) is 5.92 Å². The summed E-state index contributed by atoms with van der Waals surface area (Å²) in [5, 5.41) is 8.87. The molecule has 4 nitrogen and oxygen atoms in total. The van der Waals surface area contributed by atoms with Crippen LogP contribution in [0.15, 0.2) is 12.3 Å². The minimum absolute atomic E-state index is 0.00164. The molecule has 1 aromatic rings. The fourth-order valence-corrected chi connectivity index (χ4v) is 1.80. The molecule has 5 heteroatoms. The number of aromatic nitrogens is 1. The second-order valence-electron chi connectivity index (χ2n) is 4.25. The van der Waals surface area contributed by atoms with Crippen LogP contribution in [0.1, 0.15) is 36.0 Å². The van der Waals surface area contributed by atoms with E-state index in [1.165, 1.54) is 19.3 Å². The van der Waals surface area contributed by atoms with E-state index in [1.807, 2.05) is 0 Å². The Kier molecular flexibility index (Phi) is 3.56. The van der Waals surface area contributed by atoms with Crippen molar-refractivity contribution in [1.82, 2.24) is 4.98 Å². The average Bonchev–Trinajstić information content (AvgIpc) is 2.23. The first-order valence-electron chi connectivity index (χ1n) is 5.68. The van der Waals surface area contributed by atoms with Crippen molar-refractivity contribution < 1.29 is 19.0 Å². The molecule has 1 aromatic heterocycles. The van der Waals surface area contributed by atoms with Gasteiger partial charge in [-0.2, -0.15) is 0 Å². The summed E-state index contributed by atoms with van der Waals surface area (Å²) in [5.74, 6) is -1.22. The van der Waals surface area contributed by atoms with Gasteiger partial charge in [0.25, 0.3) is 0 Å². The van der Waals surface area contributed by atoms with Gasteiger partial charge in [0.05, 0.1) is 12.8 Å². The van der Waals surface area contributed by atoms with E-state index in [4.69, 9.17) is 9.84 Å². The van der Waals surface area contributed by atoms with Gasteiger partial charge in [0.15, 0.2) is 0 Å². The van der Waals surface area contributed by atoms with Gasteiger partial charge in [-0.25, -0.2) is 14.2 Å². The second kappa shape index (κ2) is 5.12. The van der Waals surface area contributed by atoms with Crippen molar-refractivity contribution in [3.8, 4) is 5.88 Å². The summed E-state index contributed by atoms with van der Waals surface area (Å²) in [6, 6.07) is 0.925. The quantitative estimate of drug-likeness (QED) is 0.857. The molecule has 1 heterocycles. The van der Waals surface area contributed by atoms with Gasteiger partial charge in [-0.1, -0.05) is 19.3 Å². The molecule has 0 bridgehead atoms. The molecule has 1 aliphatic carbocycles. The Balaban J connectivity index is 1.96. The maximum atomic E-state index is 12.8. The lowest BCUT2D eigenvalue weighted by Gasteiger charge is -2.24. The first-order chi connectivity index (χ1) is 8.16. The highest BCUT2D eigenvalue weighted by molar-refractivity contribution is 5.90. The van der Waals surface area contributed by atoms with Gasteiger partial charge in [0, 0.05) is 0 Å². The first kappa shape index (κ1) is 11.8. The summed E-state index contributed by atoms with van der Waals surface area (Å²) in [6.45, 7) is 0.434. The van der Waals surface area contributed by atoms with E-state index in [0.717, 1.165) is 18.7 Å². The van der Waals surface area contributed by atoms with Crippen LogP contribution >= 0.6 is 0 Å². The van der Waals surface area contributed by atoms with Crippen molar-refractivity contribution >= 4 is 5.97 Å². The average molecular weight is 239 g/mol. The molecule has 2 rings (SSSR count). The maximum Gasteiger partial charge on any atom is 0.341 e. The van der Waals surface area contributed by atoms with Gasteiger partial charge in [-0.3, -0.25) is 0 Å². The molecule has 1 N–H and O–H groups in total. The number of ether oxygens (including phenoxy) is 1. The smallest absolute Gasteiger partial charge is 0.341 e. The van der Waals surface area contributed by atoms with Crippen LogP contribution in [-0.4, -0.2) is 22.7 Å². The fourth-order valence-electron chi connectivity index (χ4n) is 1.80. The largest absolute Gasteiger partial charge is 0.477 e. The second-order valence-corrected chi connectivity index (χ2v) is 4.25. The highest BCUT2D eigenvalue weighted by Crippen LogP contribution is 2.29. The van der Waals surface area contributed by atoms with Gasteiger partial charge in [0.2, 0.25) is 5.88 Å². The van der Waals surface area contributed by atoms with Crippen LogP contribution in [0.25, 0.3) is 0 Å². The van der Waals surface area contributed by atoms with Gasteiger partial charge >= 0.3 is 5.97 Å². The number of pyridine rings is 1. The van der Waals surface area contributed by atoms with Gasteiger partial charge in [-0.15, -0.1) is 0 Å². The Morgan fingerprint density at radius 3 is 2.94 bits per heavy atom. The molecule has 1 fully saturated rings. The third-order valence-electron chi connectivity index (χ3n) is 3.04. The van der Waals surface area contributed by atoms with Gasteiger partial charge < -0.3 is 9.84 Å². The van der Waals surface area contributed by atoms with Crippen LogP contribution in [0.2, 0.25) is 0 Å². The molecular weight excluding hydrogens is 225 g/mol.